The van der Waals surface area contributed by atoms with Crippen molar-refractivity contribution in [1.82, 2.24) is 14.7 Å². The summed E-state index contributed by atoms with van der Waals surface area (Å²) in [6, 6.07) is -0.173. The van der Waals surface area contributed by atoms with E-state index in [9.17, 15) is 9.59 Å². The number of piperidine rings is 1. The van der Waals surface area contributed by atoms with E-state index < -0.39 is 5.54 Å². The van der Waals surface area contributed by atoms with E-state index in [1.165, 1.54) is 4.90 Å². The second kappa shape index (κ2) is 5.00. The van der Waals surface area contributed by atoms with Crippen LogP contribution >= 0.6 is 0 Å². The van der Waals surface area contributed by atoms with Crippen LogP contribution in [-0.4, -0.2) is 79.1 Å². The highest BCUT2D eigenvalue weighted by atomic mass is 16.5. The third-order valence-corrected chi connectivity index (χ3v) is 5.14. The van der Waals surface area contributed by atoms with Crippen molar-refractivity contribution in [3.05, 3.63) is 0 Å². The van der Waals surface area contributed by atoms with E-state index >= 15 is 0 Å². The Labute approximate surface area is 119 Å². The zero-order chi connectivity index (χ0) is 14.3. The van der Waals surface area contributed by atoms with Crippen LogP contribution in [-0.2, 0) is 9.53 Å². The van der Waals surface area contributed by atoms with Crippen LogP contribution in [0.1, 0.15) is 19.3 Å². The first kappa shape index (κ1) is 13.8. The summed E-state index contributed by atoms with van der Waals surface area (Å²) in [6.45, 7) is 4.56. The Morgan fingerprint density at radius 2 is 1.95 bits per heavy atom. The molecule has 3 aliphatic rings. The van der Waals surface area contributed by atoms with Crippen molar-refractivity contribution < 1.29 is 14.3 Å². The SMILES string of the molecule is CN1C(=O)N(C)C2(CCN(C[C@H]3CCOC3)CC2)C1=O. The molecule has 0 saturated carbocycles. The number of amides is 3. The lowest BCUT2D eigenvalue weighted by molar-refractivity contribution is -0.134. The smallest absolute Gasteiger partial charge is 0.327 e. The third kappa shape index (κ3) is 2.02. The highest BCUT2D eigenvalue weighted by Gasteiger charge is 2.55. The van der Waals surface area contributed by atoms with Gasteiger partial charge in [0, 0.05) is 40.3 Å². The van der Waals surface area contributed by atoms with Crippen LogP contribution in [0, 0.1) is 5.92 Å². The lowest BCUT2D eigenvalue weighted by Crippen LogP contribution is -2.55. The van der Waals surface area contributed by atoms with Crippen molar-refractivity contribution in [2.45, 2.75) is 24.8 Å². The maximum Gasteiger partial charge on any atom is 0.327 e. The van der Waals surface area contributed by atoms with Crippen molar-refractivity contribution >= 4 is 11.9 Å². The minimum Gasteiger partial charge on any atom is -0.381 e. The lowest BCUT2D eigenvalue weighted by Gasteiger charge is -2.41. The topological polar surface area (TPSA) is 53.1 Å². The largest absolute Gasteiger partial charge is 0.381 e. The maximum absolute atomic E-state index is 12.4. The summed E-state index contributed by atoms with van der Waals surface area (Å²) in [5.41, 5.74) is -0.589. The van der Waals surface area contributed by atoms with Crippen LogP contribution in [0.5, 0.6) is 0 Å². The molecular weight excluding hydrogens is 258 g/mol. The van der Waals surface area contributed by atoms with Crippen molar-refractivity contribution in [1.29, 1.82) is 0 Å². The summed E-state index contributed by atoms with van der Waals surface area (Å²) < 4.78 is 5.41. The molecule has 3 heterocycles. The van der Waals surface area contributed by atoms with Gasteiger partial charge in [-0.25, -0.2) is 4.79 Å². The molecule has 0 unspecified atom stereocenters. The van der Waals surface area contributed by atoms with Gasteiger partial charge in [-0.1, -0.05) is 0 Å². The summed E-state index contributed by atoms with van der Waals surface area (Å²) in [4.78, 5) is 29.6. The normalized spacial score (nSPS) is 30.8. The van der Waals surface area contributed by atoms with Crippen molar-refractivity contribution in [3.8, 4) is 0 Å². The zero-order valence-electron chi connectivity index (χ0n) is 12.3. The Morgan fingerprint density at radius 1 is 1.25 bits per heavy atom. The van der Waals surface area contributed by atoms with Gasteiger partial charge in [0.15, 0.2) is 0 Å². The van der Waals surface area contributed by atoms with Crippen LogP contribution in [0.2, 0.25) is 0 Å². The lowest BCUT2D eigenvalue weighted by atomic mass is 9.86. The highest BCUT2D eigenvalue weighted by Crippen LogP contribution is 2.35. The summed E-state index contributed by atoms with van der Waals surface area (Å²) in [6.07, 6.45) is 2.62. The molecule has 3 amide bonds. The molecule has 1 atom stereocenters. The van der Waals surface area contributed by atoms with E-state index in [4.69, 9.17) is 4.74 Å². The first-order valence-corrected chi connectivity index (χ1v) is 7.40. The van der Waals surface area contributed by atoms with E-state index in [2.05, 4.69) is 4.90 Å². The standard InChI is InChI=1S/C14H23N3O3/c1-15-12(18)14(16(2)13(15)19)4-6-17(7-5-14)9-11-3-8-20-10-11/h11H,3-10H2,1-2H3/t11-/m1/s1. The molecule has 112 valence electrons. The number of rotatable bonds is 2. The van der Waals surface area contributed by atoms with Gasteiger partial charge in [0.2, 0.25) is 0 Å². The molecule has 0 aromatic carbocycles. The number of hydrogen-bond acceptors (Lipinski definition) is 4. The van der Waals surface area contributed by atoms with Gasteiger partial charge < -0.3 is 14.5 Å². The molecule has 1 spiro atoms. The number of likely N-dealkylation sites (tertiary alicyclic amines) is 1. The number of carbonyl (C=O) groups excluding carboxylic acids is 2. The van der Waals surface area contributed by atoms with Crippen LogP contribution < -0.4 is 0 Å². The molecular formula is C14H23N3O3. The van der Waals surface area contributed by atoms with Gasteiger partial charge in [0.1, 0.15) is 5.54 Å². The van der Waals surface area contributed by atoms with Crippen LogP contribution in [0.4, 0.5) is 4.79 Å². The molecule has 3 aliphatic heterocycles. The average Bonchev–Trinajstić information content (AvgIpc) is 3.02. The molecule has 0 aliphatic carbocycles. The third-order valence-electron chi connectivity index (χ3n) is 5.14. The van der Waals surface area contributed by atoms with Crippen LogP contribution in [0.15, 0.2) is 0 Å². The summed E-state index contributed by atoms with van der Waals surface area (Å²) in [7, 11) is 3.34. The molecule has 0 aromatic heterocycles. The van der Waals surface area contributed by atoms with Crippen molar-refractivity contribution in [3.63, 3.8) is 0 Å². The Bertz CT molecular complexity index is 412. The van der Waals surface area contributed by atoms with Crippen LogP contribution in [0.3, 0.4) is 0 Å². The Morgan fingerprint density at radius 3 is 2.45 bits per heavy atom. The Kier molecular flexibility index (Phi) is 3.46. The van der Waals surface area contributed by atoms with Gasteiger partial charge >= 0.3 is 6.03 Å². The fourth-order valence-corrected chi connectivity index (χ4v) is 3.70. The highest BCUT2D eigenvalue weighted by molar-refractivity contribution is 6.06. The summed E-state index contributed by atoms with van der Waals surface area (Å²) >= 11 is 0. The number of hydrogen-bond donors (Lipinski definition) is 0. The maximum atomic E-state index is 12.4. The zero-order valence-corrected chi connectivity index (χ0v) is 12.3. The quantitative estimate of drug-likeness (QED) is 0.687. The van der Waals surface area contributed by atoms with Gasteiger partial charge in [-0.3, -0.25) is 9.69 Å². The Balaban J connectivity index is 1.62. The minimum atomic E-state index is -0.589. The first-order chi connectivity index (χ1) is 9.54. The second-order valence-corrected chi connectivity index (χ2v) is 6.27. The molecule has 0 bridgehead atoms. The van der Waals surface area contributed by atoms with Gasteiger partial charge in [-0.05, 0) is 25.2 Å². The van der Waals surface area contributed by atoms with E-state index in [0.717, 1.165) is 52.1 Å². The number of likely N-dealkylation sites (N-methyl/N-ethyl adjacent to an activating group) is 2. The predicted molar refractivity (Wildman–Crippen MR) is 73.3 cm³/mol. The molecule has 0 aromatic rings. The monoisotopic (exact) mass is 281 g/mol. The van der Waals surface area contributed by atoms with Crippen molar-refractivity contribution in [2.75, 3.05) is 46.9 Å². The molecule has 3 fully saturated rings. The van der Waals surface area contributed by atoms with Crippen molar-refractivity contribution in [2.24, 2.45) is 5.92 Å². The average molecular weight is 281 g/mol. The molecule has 3 saturated heterocycles. The van der Waals surface area contributed by atoms with E-state index in [1.807, 2.05) is 0 Å². The second-order valence-electron chi connectivity index (χ2n) is 6.27. The number of nitrogens with zero attached hydrogens (tertiary/aromatic N) is 3. The molecule has 0 N–H and O–H groups in total. The van der Waals surface area contributed by atoms with Gasteiger partial charge in [-0.15, -0.1) is 0 Å². The van der Waals surface area contributed by atoms with E-state index in [1.54, 1.807) is 19.0 Å². The van der Waals surface area contributed by atoms with E-state index in [0.29, 0.717) is 5.92 Å². The van der Waals surface area contributed by atoms with Gasteiger partial charge in [-0.2, -0.15) is 0 Å². The molecule has 3 rings (SSSR count). The fraction of sp³-hybridized carbons (Fsp3) is 0.857. The van der Waals surface area contributed by atoms with Crippen LogP contribution in [0.25, 0.3) is 0 Å². The predicted octanol–water partition coefficient (Wildman–Crippen LogP) is 0.381. The number of urea groups is 1. The molecule has 20 heavy (non-hydrogen) atoms. The summed E-state index contributed by atoms with van der Waals surface area (Å²) in [5, 5.41) is 0. The molecule has 6 heteroatoms. The summed E-state index contributed by atoms with van der Waals surface area (Å²) in [5.74, 6) is 0.596. The van der Waals surface area contributed by atoms with Gasteiger partial charge in [0.05, 0.1) is 6.61 Å². The number of carbonyl (C=O) groups is 2. The molecule has 6 nitrogen and oxygen atoms in total. The minimum absolute atomic E-state index is 0.0335. The number of imide groups is 1. The number of ether oxygens (including phenoxy) is 1. The first-order valence-electron chi connectivity index (χ1n) is 7.40. The Hall–Kier alpha value is -1.14. The fourth-order valence-electron chi connectivity index (χ4n) is 3.70. The van der Waals surface area contributed by atoms with Gasteiger partial charge in [0.25, 0.3) is 5.91 Å². The molecule has 0 radical (unpaired) electrons. The van der Waals surface area contributed by atoms with E-state index in [-0.39, 0.29) is 11.9 Å².